The highest BCUT2D eigenvalue weighted by Gasteiger charge is 2.08. The van der Waals surface area contributed by atoms with Crippen molar-refractivity contribution in [3.05, 3.63) is 55.1 Å². The average Bonchev–Trinajstić information content (AvgIpc) is 3.17. The van der Waals surface area contributed by atoms with E-state index in [1.54, 1.807) is 41.7 Å². The highest BCUT2D eigenvalue weighted by Crippen LogP contribution is 2.17. The molecule has 3 rings (SSSR count). The molecular weight excluding hydrogens is 270 g/mol. The molecule has 106 valence electrons. The number of amides is 1. The number of carbonyl (C=O) groups is 1. The summed E-state index contributed by atoms with van der Waals surface area (Å²) in [6, 6.07) is 5.51. The van der Waals surface area contributed by atoms with E-state index in [0.29, 0.717) is 18.0 Å². The first-order valence-electron chi connectivity index (χ1n) is 6.40. The molecule has 0 aliphatic heterocycles. The number of carbonyl (C=O) groups excluding carboxylic acids is 1. The molecule has 0 aromatic carbocycles. The van der Waals surface area contributed by atoms with Crippen LogP contribution in [0.1, 0.15) is 5.76 Å². The summed E-state index contributed by atoms with van der Waals surface area (Å²) < 4.78 is 6.88. The molecule has 0 saturated carbocycles. The average molecular weight is 283 g/mol. The Morgan fingerprint density at radius 1 is 1.33 bits per heavy atom. The topological polar surface area (TPSA) is 85.8 Å². The molecule has 1 amide bonds. The maximum absolute atomic E-state index is 11.7. The Hall–Kier alpha value is -2.96. The molecule has 0 fully saturated rings. The summed E-state index contributed by atoms with van der Waals surface area (Å²) in [5, 5.41) is 6.72. The van der Waals surface area contributed by atoms with Gasteiger partial charge in [-0.2, -0.15) is 0 Å². The van der Waals surface area contributed by atoms with E-state index in [1.165, 1.54) is 0 Å². The van der Waals surface area contributed by atoms with Crippen LogP contribution in [-0.4, -0.2) is 25.6 Å². The molecule has 3 heterocycles. The van der Waals surface area contributed by atoms with Gasteiger partial charge >= 0.3 is 0 Å². The quantitative estimate of drug-likeness (QED) is 0.761. The lowest BCUT2D eigenvalue weighted by Crippen LogP contribution is -2.26. The largest absolute Gasteiger partial charge is 0.359 e. The summed E-state index contributed by atoms with van der Waals surface area (Å²) in [4.78, 5) is 19.6. The zero-order chi connectivity index (χ0) is 14.5. The van der Waals surface area contributed by atoms with Crippen molar-refractivity contribution in [2.75, 3.05) is 0 Å². The summed E-state index contributed by atoms with van der Waals surface area (Å²) in [6.45, 7) is 0.518. The Balaban J connectivity index is 1.56. The second kappa shape index (κ2) is 6.00. The van der Waals surface area contributed by atoms with Gasteiger partial charge in [-0.3, -0.25) is 9.78 Å². The van der Waals surface area contributed by atoms with Crippen LogP contribution in [0.5, 0.6) is 0 Å². The number of imidazole rings is 1. The van der Waals surface area contributed by atoms with Crippen LogP contribution in [0.25, 0.3) is 11.3 Å². The molecule has 7 nitrogen and oxygen atoms in total. The first-order valence-corrected chi connectivity index (χ1v) is 6.40. The monoisotopic (exact) mass is 283 g/mol. The maximum atomic E-state index is 11.7. The smallest absolute Gasteiger partial charge is 0.240 e. The van der Waals surface area contributed by atoms with Crippen molar-refractivity contribution in [1.29, 1.82) is 0 Å². The second-order valence-corrected chi connectivity index (χ2v) is 4.43. The second-order valence-electron chi connectivity index (χ2n) is 4.43. The first kappa shape index (κ1) is 13.0. The van der Waals surface area contributed by atoms with E-state index in [2.05, 4.69) is 20.4 Å². The van der Waals surface area contributed by atoms with Crippen LogP contribution in [0, 0.1) is 0 Å². The van der Waals surface area contributed by atoms with Crippen LogP contribution in [0.4, 0.5) is 0 Å². The fraction of sp³-hybridized carbons (Fsp3) is 0.143. The number of hydrogen-bond acceptors (Lipinski definition) is 5. The highest BCUT2D eigenvalue weighted by molar-refractivity contribution is 5.75. The third-order valence-electron chi connectivity index (χ3n) is 2.86. The number of rotatable bonds is 5. The van der Waals surface area contributed by atoms with Crippen molar-refractivity contribution < 1.29 is 9.32 Å². The van der Waals surface area contributed by atoms with Crippen LogP contribution >= 0.6 is 0 Å². The zero-order valence-corrected chi connectivity index (χ0v) is 11.1. The number of hydrogen-bond donors (Lipinski definition) is 1. The van der Waals surface area contributed by atoms with Gasteiger partial charge in [0.2, 0.25) is 5.91 Å². The van der Waals surface area contributed by atoms with Crippen molar-refractivity contribution in [2.24, 2.45) is 0 Å². The summed E-state index contributed by atoms with van der Waals surface area (Å²) >= 11 is 0. The van der Waals surface area contributed by atoms with Crippen molar-refractivity contribution in [3.8, 4) is 11.3 Å². The SMILES string of the molecule is O=C(Cn1ccnc1)NCc1cc(-c2cccnc2)no1. The lowest BCUT2D eigenvalue weighted by atomic mass is 10.2. The van der Waals surface area contributed by atoms with Gasteiger partial charge in [-0.05, 0) is 12.1 Å². The summed E-state index contributed by atoms with van der Waals surface area (Å²) in [6.07, 6.45) is 8.35. The Morgan fingerprint density at radius 2 is 2.29 bits per heavy atom. The number of nitrogens with one attached hydrogen (secondary N) is 1. The number of nitrogens with zero attached hydrogens (tertiary/aromatic N) is 4. The van der Waals surface area contributed by atoms with Gasteiger partial charge in [0.15, 0.2) is 5.76 Å². The minimum Gasteiger partial charge on any atom is -0.359 e. The maximum Gasteiger partial charge on any atom is 0.240 e. The molecular formula is C14H13N5O2. The summed E-state index contributed by atoms with van der Waals surface area (Å²) in [5.41, 5.74) is 1.57. The molecule has 0 aliphatic carbocycles. The van der Waals surface area contributed by atoms with Gasteiger partial charge in [0.05, 0.1) is 12.9 Å². The van der Waals surface area contributed by atoms with E-state index in [0.717, 1.165) is 5.56 Å². The molecule has 1 N–H and O–H groups in total. The molecule has 3 aromatic rings. The Morgan fingerprint density at radius 3 is 3.05 bits per heavy atom. The molecule has 7 heteroatoms. The van der Waals surface area contributed by atoms with Gasteiger partial charge in [-0.15, -0.1) is 0 Å². The standard InChI is InChI=1S/C14H13N5O2/c20-14(9-19-5-4-16-10-19)17-8-12-6-13(18-21-12)11-2-1-3-15-7-11/h1-7,10H,8-9H2,(H,17,20). The van der Waals surface area contributed by atoms with Crippen LogP contribution in [0.3, 0.4) is 0 Å². The lowest BCUT2D eigenvalue weighted by molar-refractivity contribution is -0.121. The van der Waals surface area contributed by atoms with Crippen molar-refractivity contribution in [1.82, 2.24) is 25.0 Å². The first-order chi connectivity index (χ1) is 10.3. The molecule has 3 aromatic heterocycles. The highest BCUT2D eigenvalue weighted by atomic mass is 16.5. The number of pyridine rings is 1. The van der Waals surface area contributed by atoms with E-state index >= 15 is 0 Å². The Labute approximate surface area is 120 Å². The van der Waals surface area contributed by atoms with Gasteiger partial charge in [-0.25, -0.2) is 4.98 Å². The molecule has 0 atom stereocenters. The van der Waals surface area contributed by atoms with E-state index in [1.807, 2.05) is 12.1 Å². The van der Waals surface area contributed by atoms with E-state index < -0.39 is 0 Å². The molecule has 21 heavy (non-hydrogen) atoms. The Kier molecular flexibility index (Phi) is 3.72. The van der Waals surface area contributed by atoms with E-state index in [9.17, 15) is 4.79 Å². The molecule has 0 saturated heterocycles. The summed E-state index contributed by atoms with van der Waals surface area (Å²) in [5.74, 6) is 0.472. The van der Waals surface area contributed by atoms with Crippen LogP contribution in [0.15, 0.2) is 53.8 Å². The predicted molar refractivity (Wildman–Crippen MR) is 73.8 cm³/mol. The van der Waals surface area contributed by atoms with Crippen molar-refractivity contribution >= 4 is 5.91 Å². The van der Waals surface area contributed by atoms with Gasteiger partial charge < -0.3 is 14.4 Å². The van der Waals surface area contributed by atoms with Gasteiger partial charge in [-0.1, -0.05) is 5.16 Å². The van der Waals surface area contributed by atoms with Crippen LogP contribution < -0.4 is 5.32 Å². The molecule has 0 aliphatic rings. The van der Waals surface area contributed by atoms with Crippen molar-refractivity contribution in [2.45, 2.75) is 13.1 Å². The minimum atomic E-state index is -0.118. The zero-order valence-electron chi connectivity index (χ0n) is 11.1. The fourth-order valence-corrected chi connectivity index (χ4v) is 1.83. The minimum absolute atomic E-state index is 0.118. The summed E-state index contributed by atoms with van der Waals surface area (Å²) in [7, 11) is 0. The van der Waals surface area contributed by atoms with Gasteiger partial charge in [0.1, 0.15) is 12.2 Å². The molecule has 0 radical (unpaired) electrons. The van der Waals surface area contributed by atoms with Gasteiger partial charge in [0, 0.05) is 36.4 Å². The van der Waals surface area contributed by atoms with E-state index in [4.69, 9.17) is 4.52 Å². The van der Waals surface area contributed by atoms with E-state index in [-0.39, 0.29) is 12.5 Å². The van der Waals surface area contributed by atoms with Crippen LogP contribution in [-0.2, 0) is 17.9 Å². The lowest BCUT2D eigenvalue weighted by Gasteiger charge is -2.02. The third-order valence-corrected chi connectivity index (χ3v) is 2.86. The molecule has 0 spiro atoms. The predicted octanol–water partition coefficient (Wildman–Crippen LogP) is 1.25. The molecule has 0 unspecified atom stereocenters. The van der Waals surface area contributed by atoms with Crippen molar-refractivity contribution in [3.63, 3.8) is 0 Å². The van der Waals surface area contributed by atoms with Gasteiger partial charge in [0.25, 0.3) is 0 Å². The fourth-order valence-electron chi connectivity index (χ4n) is 1.83. The number of aromatic nitrogens is 4. The molecule has 0 bridgehead atoms. The normalized spacial score (nSPS) is 10.5. The third kappa shape index (κ3) is 3.33. The van der Waals surface area contributed by atoms with Crippen LogP contribution in [0.2, 0.25) is 0 Å². The Bertz CT molecular complexity index is 706.